The smallest absolute Gasteiger partial charge is 0.317 e. The van der Waals surface area contributed by atoms with Crippen molar-refractivity contribution in [3.05, 3.63) is 0 Å². The first-order chi connectivity index (χ1) is 7.56. The Kier molecular flexibility index (Phi) is 4.54. The SMILES string of the molecule is CCCN(C)C(=O)NC1COCC1C(=O)O. The molecule has 0 radical (unpaired) electrons. The van der Waals surface area contributed by atoms with Gasteiger partial charge in [0.15, 0.2) is 0 Å². The van der Waals surface area contributed by atoms with E-state index in [0.29, 0.717) is 6.54 Å². The Labute approximate surface area is 94.6 Å². The van der Waals surface area contributed by atoms with Crippen LogP contribution in [0.5, 0.6) is 0 Å². The lowest BCUT2D eigenvalue weighted by atomic mass is 10.0. The molecule has 92 valence electrons. The summed E-state index contributed by atoms with van der Waals surface area (Å²) in [4.78, 5) is 24.0. The van der Waals surface area contributed by atoms with Crippen LogP contribution in [0, 0.1) is 5.92 Å². The van der Waals surface area contributed by atoms with Crippen LogP contribution in [0.2, 0.25) is 0 Å². The first-order valence-electron chi connectivity index (χ1n) is 5.38. The summed E-state index contributed by atoms with van der Waals surface area (Å²) < 4.78 is 5.06. The topological polar surface area (TPSA) is 78.9 Å². The molecule has 0 bridgehead atoms. The van der Waals surface area contributed by atoms with Crippen molar-refractivity contribution in [3.8, 4) is 0 Å². The van der Waals surface area contributed by atoms with Gasteiger partial charge in [0.05, 0.1) is 19.3 Å². The number of carbonyl (C=O) groups is 2. The molecule has 1 heterocycles. The fraction of sp³-hybridized carbons (Fsp3) is 0.800. The maximum atomic E-state index is 11.6. The summed E-state index contributed by atoms with van der Waals surface area (Å²) in [6, 6.07) is -0.673. The van der Waals surface area contributed by atoms with Crippen LogP contribution >= 0.6 is 0 Å². The Morgan fingerprint density at radius 1 is 1.50 bits per heavy atom. The molecule has 1 aliphatic rings. The normalized spacial score (nSPS) is 24.1. The number of hydrogen-bond acceptors (Lipinski definition) is 3. The summed E-state index contributed by atoms with van der Waals surface area (Å²) in [6.45, 7) is 3.06. The van der Waals surface area contributed by atoms with Gasteiger partial charge in [-0.15, -0.1) is 0 Å². The van der Waals surface area contributed by atoms with E-state index in [2.05, 4.69) is 5.32 Å². The molecule has 1 aliphatic heterocycles. The number of carboxylic acid groups (broad SMARTS) is 1. The molecule has 1 fully saturated rings. The van der Waals surface area contributed by atoms with Crippen molar-refractivity contribution in [3.63, 3.8) is 0 Å². The minimum atomic E-state index is -0.930. The molecule has 1 saturated heterocycles. The summed E-state index contributed by atoms with van der Waals surface area (Å²) in [5.41, 5.74) is 0. The average molecular weight is 230 g/mol. The fourth-order valence-electron chi connectivity index (χ4n) is 1.65. The molecule has 0 saturated carbocycles. The number of urea groups is 1. The van der Waals surface area contributed by atoms with E-state index in [4.69, 9.17) is 9.84 Å². The summed E-state index contributed by atoms with van der Waals surface area (Å²) in [6.07, 6.45) is 0.868. The third-order valence-electron chi connectivity index (χ3n) is 2.61. The van der Waals surface area contributed by atoms with Gasteiger partial charge in [-0.1, -0.05) is 6.92 Å². The lowest BCUT2D eigenvalue weighted by Gasteiger charge is -2.21. The standard InChI is InChI=1S/C10H18N2O4/c1-3-4-12(2)10(15)11-8-6-16-5-7(8)9(13)14/h7-8H,3-6H2,1-2H3,(H,11,15)(H,13,14). The van der Waals surface area contributed by atoms with Crippen LogP contribution in [-0.2, 0) is 9.53 Å². The highest BCUT2D eigenvalue weighted by atomic mass is 16.5. The number of carboxylic acids is 1. The van der Waals surface area contributed by atoms with Gasteiger partial charge in [0.2, 0.25) is 0 Å². The number of nitrogens with zero attached hydrogens (tertiary/aromatic N) is 1. The number of aliphatic carboxylic acids is 1. The molecule has 2 unspecified atom stereocenters. The van der Waals surface area contributed by atoms with Gasteiger partial charge in [-0.25, -0.2) is 4.79 Å². The Morgan fingerprint density at radius 2 is 2.19 bits per heavy atom. The van der Waals surface area contributed by atoms with E-state index < -0.39 is 17.9 Å². The van der Waals surface area contributed by atoms with E-state index in [-0.39, 0.29) is 19.2 Å². The van der Waals surface area contributed by atoms with Gasteiger partial charge in [-0.2, -0.15) is 0 Å². The number of nitrogens with one attached hydrogen (secondary N) is 1. The van der Waals surface area contributed by atoms with Gasteiger partial charge < -0.3 is 20.1 Å². The quantitative estimate of drug-likeness (QED) is 0.720. The number of hydrogen-bond donors (Lipinski definition) is 2. The first-order valence-corrected chi connectivity index (χ1v) is 5.38. The van der Waals surface area contributed by atoms with Gasteiger partial charge in [0.25, 0.3) is 0 Å². The largest absolute Gasteiger partial charge is 0.481 e. The maximum absolute atomic E-state index is 11.6. The minimum Gasteiger partial charge on any atom is -0.481 e. The van der Waals surface area contributed by atoms with Gasteiger partial charge in [-0.05, 0) is 6.42 Å². The molecular formula is C10H18N2O4. The zero-order valence-corrected chi connectivity index (χ0v) is 9.60. The third kappa shape index (κ3) is 3.10. The maximum Gasteiger partial charge on any atom is 0.317 e. The van der Waals surface area contributed by atoms with Gasteiger partial charge in [0.1, 0.15) is 5.92 Å². The molecule has 6 heteroatoms. The van der Waals surface area contributed by atoms with Gasteiger partial charge >= 0.3 is 12.0 Å². The molecule has 0 aliphatic carbocycles. The van der Waals surface area contributed by atoms with Crippen LogP contribution in [0.1, 0.15) is 13.3 Å². The number of amides is 2. The molecule has 2 N–H and O–H groups in total. The highest BCUT2D eigenvalue weighted by Crippen LogP contribution is 2.14. The number of ether oxygens (including phenoxy) is 1. The van der Waals surface area contributed by atoms with Crippen molar-refractivity contribution in [1.29, 1.82) is 0 Å². The van der Waals surface area contributed by atoms with Gasteiger partial charge in [-0.3, -0.25) is 4.79 Å². The highest BCUT2D eigenvalue weighted by Gasteiger charge is 2.35. The second kappa shape index (κ2) is 5.69. The van der Waals surface area contributed by atoms with Crippen molar-refractivity contribution in [2.75, 3.05) is 26.8 Å². The predicted molar refractivity (Wildman–Crippen MR) is 57.2 cm³/mol. The van der Waals surface area contributed by atoms with Crippen molar-refractivity contribution in [2.24, 2.45) is 5.92 Å². The van der Waals surface area contributed by atoms with Crippen LogP contribution in [0.4, 0.5) is 4.79 Å². The minimum absolute atomic E-state index is 0.164. The van der Waals surface area contributed by atoms with Crippen LogP contribution in [0.25, 0.3) is 0 Å². The number of rotatable bonds is 4. The van der Waals surface area contributed by atoms with E-state index in [1.807, 2.05) is 6.92 Å². The zero-order chi connectivity index (χ0) is 12.1. The summed E-state index contributed by atoms with van der Waals surface area (Å²) in [5.74, 6) is -1.57. The molecule has 1 rings (SSSR count). The van der Waals surface area contributed by atoms with Crippen molar-refractivity contribution < 1.29 is 19.4 Å². The lowest BCUT2D eigenvalue weighted by molar-refractivity contribution is -0.142. The zero-order valence-electron chi connectivity index (χ0n) is 9.60. The van der Waals surface area contributed by atoms with Crippen molar-refractivity contribution >= 4 is 12.0 Å². The predicted octanol–water partition coefficient (Wildman–Crippen LogP) is 0.137. The fourth-order valence-corrected chi connectivity index (χ4v) is 1.65. The Balaban J connectivity index is 2.47. The molecule has 2 atom stereocenters. The second-order valence-electron chi connectivity index (χ2n) is 3.96. The average Bonchev–Trinajstić information content (AvgIpc) is 2.66. The van der Waals surface area contributed by atoms with E-state index in [1.165, 1.54) is 4.90 Å². The molecule has 0 aromatic carbocycles. The Morgan fingerprint density at radius 3 is 2.75 bits per heavy atom. The first kappa shape index (κ1) is 12.8. The molecule has 0 aromatic rings. The second-order valence-corrected chi connectivity index (χ2v) is 3.96. The number of carbonyl (C=O) groups excluding carboxylic acids is 1. The van der Waals surface area contributed by atoms with E-state index in [0.717, 1.165) is 6.42 Å². The molecule has 6 nitrogen and oxygen atoms in total. The van der Waals surface area contributed by atoms with E-state index >= 15 is 0 Å². The highest BCUT2D eigenvalue weighted by molar-refractivity contribution is 5.77. The van der Waals surface area contributed by atoms with Crippen LogP contribution in [-0.4, -0.2) is 54.9 Å². The van der Waals surface area contributed by atoms with Gasteiger partial charge in [0, 0.05) is 13.6 Å². The van der Waals surface area contributed by atoms with Crippen LogP contribution in [0.3, 0.4) is 0 Å². The molecule has 16 heavy (non-hydrogen) atoms. The molecule has 2 amide bonds. The third-order valence-corrected chi connectivity index (χ3v) is 2.61. The Bertz CT molecular complexity index is 270. The molecule has 0 spiro atoms. The van der Waals surface area contributed by atoms with Crippen molar-refractivity contribution in [2.45, 2.75) is 19.4 Å². The van der Waals surface area contributed by atoms with Crippen LogP contribution in [0.15, 0.2) is 0 Å². The van der Waals surface area contributed by atoms with Crippen LogP contribution < -0.4 is 5.32 Å². The Hall–Kier alpha value is -1.30. The van der Waals surface area contributed by atoms with E-state index in [1.54, 1.807) is 7.05 Å². The monoisotopic (exact) mass is 230 g/mol. The molecular weight excluding hydrogens is 212 g/mol. The van der Waals surface area contributed by atoms with E-state index in [9.17, 15) is 9.59 Å². The summed E-state index contributed by atoms with van der Waals surface area (Å²) >= 11 is 0. The summed E-state index contributed by atoms with van der Waals surface area (Å²) in [7, 11) is 1.68. The summed E-state index contributed by atoms with van der Waals surface area (Å²) in [5, 5.41) is 11.6. The van der Waals surface area contributed by atoms with Crippen molar-refractivity contribution in [1.82, 2.24) is 10.2 Å². The molecule has 0 aromatic heterocycles. The lowest BCUT2D eigenvalue weighted by Crippen LogP contribution is -2.47.